The van der Waals surface area contributed by atoms with Crippen molar-refractivity contribution in [2.24, 2.45) is 11.7 Å². The van der Waals surface area contributed by atoms with E-state index in [2.05, 4.69) is 10.4 Å². The van der Waals surface area contributed by atoms with Crippen molar-refractivity contribution in [3.05, 3.63) is 41.6 Å². The highest BCUT2D eigenvalue weighted by molar-refractivity contribution is 7.91. The summed E-state index contributed by atoms with van der Waals surface area (Å²) in [5, 5.41) is 16.3. The minimum Gasteiger partial charge on any atom is -0.365 e. The molecule has 1 saturated heterocycles. The van der Waals surface area contributed by atoms with Gasteiger partial charge in [-0.25, -0.2) is 8.42 Å². The molecule has 1 amide bonds. The zero-order valence-corrected chi connectivity index (χ0v) is 15.7. The normalized spacial score (nSPS) is 21.3. The predicted octanol–water partition coefficient (Wildman–Crippen LogP) is 2.24. The van der Waals surface area contributed by atoms with Crippen molar-refractivity contribution < 1.29 is 26.4 Å². The number of anilines is 2. The fourth-order valence-electron chi connectivity index (χ4n) is 3.12. The summed E-state index contributed by atoms with van der Waals surface area (Å²) in [6, 6.07) is 5.48. The second-order valence-corrected chi connectivity index (χ2v) is 8.87. The number of carbonyl (C=O) groups excluding carboxylic acids is 1. The van der Waals surface area contributed by atoms with Crippen molar-refractivity contribution in [1.82, 2.24) is 9.78 Å². The number of nitrogens with zero attached hydrogens (tertiary/aromatic N) is 3. The SMILES string of the molecule is N#C[C@@H]1CS(=O)(=O)CC[C@@H]1n1cc(C(N)=O)c(Nc2ccc(C(F)(F)F)cc2)n1. The van der Waals surface area contributed by atoms with Crippen LogP contribution >= 0.6 is 0 Å². The van der Waals surface area contributed by atoms with Crippen LogP contribution in [0.25, 0.3) is 0 Å². The Morgan fingerprint density at radius 2 is 1.97 bits per heavy atom. The van der Waals surface area contributed by atoms with E-state index in [1.165, 1.54) is 23.0 Å². The van der Waals surface area contributed by atoms with Gasteiger partial charge >= 0.3 is 6.18 Å². The fourth-order valence-corrected chi connectivity index (χ4v) is 4.73. The molecule has 1 aliphatic rings. The van der Waals surface area contributed by atoms with E-state index in [4.69, 9.17) is 5.73 Å². The van der Waals surface area contributed by atoms with Gasteiger partial charge < -0.3 is 11.1 Å². The number of nitrogens with two attached hydrogens (primary N) is 1. The molecule has 1 fully saturated rings. The summed E-state index contributed by atoms with van der Waals surface area (Å²) < 4.78 is 62.9. The first-order valence-electron chi connectivity index (χ1n) is 8.43. The van der Waals surface area contributed by atoms with Crippen LogP contribution in [0.4, 0.5) is 24.7 Å². The number of carbonyl (C=O) groups is 1. The van der Waals surface area contributed by atoms with Gasteiger partial charge in [0.15, 0.2) is 15.7 Å². The van der Waals surface area contributed by atoms with E-state index in [1.54, 1.807) is 0 Å². The second kappa shape index (κ2) is 7.40. The largest absolute Gasteiger partial charge is 0.416 e. The molecule has 0 unspecified atom stereocenters. The lowest BCUT2D eigenvalue weighted by atomic mass is 10.0. The highest BCUT2D eigenvalue weighted by Crippen LogP contribution is 2.32. The molecule has 2 aromatic rings. The summed E-state index contributed by atoms with van der Waals surface area (Å²) in [6.07, 6.45) is -3.03. The van der Waals surface area contributed by atoms with Gasteiger partial charge in [0.2, 0.25) is 0 Å². The lowest BCUT2D eigenvalue weighted by Crippen LogP contribution is -2.34. The van der Waals surface area contributed by atoms with Crippen LogP contribution in [0.2, 0.25) is 0 Å². The molecule has 1 aromatic heterocycles. The molecule has 0 bridgehead atoms. The van der Waals surface area contributed by atoms with E-state index in [0.29, 0.717) is 0 Å². The maximum absolute atomic E-state index is 12.7. The number of nitrogens with one attached hydrogen (secondary N) is 1. The number of primary amides is 1. The molecule has 12 heteroatoms. The fraction of sp³-hybridized carbons (Fsp3) is 0.353. The second-order valence-electron chi connectivity index (χ2n) is 6.64. The van der Waals surface area contributed by atoms with E-state index in [0.717, 1.165) is 12.1 Å². The van der Waals surface area contributed by atoms with Crippen LogP contribution in [0.15, 0.2) is 30.5 Å². The first-order chi connectivity index (χ1) is 13.5. The van der Waals surface area contributed by atoms with Crippen LogP contribution in [-0.4, -0.2) is 35.6 Å². The van der Waals surface area contributed by atoms with Gasteiger partial charge in [-0.2, -0.15) is 23.5 Å². The molecule has 3 rings (SSSR count). The van der Waals surface area contributed by atoms with Crippen LogP contribution < -0.4 is 11.1 Å². The molecule has 0 radical (unpaired) electrons. The number of hydrogen-bond donors (Lipinski definition) is 2. The zero-order valence-electron chi connectivity index (χ0n) is 14.8. The van der Waals surface area contributed by atoms with Crippen LogP contribution in [-0.2, 0) is 16.0 Å². The summed E-state index contributed by atoms with van der Waals surface area (Å²) in [5.41, 5.74) is 4.74. The van der Waals surface area contributed by atoms with E-state index < -0.39 is 39.4 Å². The minimum absolute atomic E-state index is 0.00220. The topological polar surface area (TPSA) is 131 Å². The molecule has 0 spiro atoms. The van der Waals surface area contributed by atoms with Crippen molar-refractivity contribution in [2.45, 2.75) is 18.6 Å². The highest BCUT2D eigenvalue weighted by atomic mass is 32.2. The average molecular weight is 427 g/mol. The maximum atomic E-state index is 12.7. The Morgan fingerprint density at radius 3 is 2.52 bits per heavy atom. The third kappa shape index (κ3) is 4.51. The Hall–Kier alpha value is -3.07. The van der Waals surface area contributed by atoms with E-state index in [1.807, 2.05) is 6.07 Å². The molecule has 8 nitrogen and oxygen atoms in total. The smallest absolute Gasteiger partial charge is 0.365 e. The Bertz CT molecular complexity index is 1070. The molecule has 2 atom stereocenters. The molecular formula is C17H16F3N5O3S. The van der Waals surface area contributed by atoms with Crippen molar-refractivity contribution in [2.75, 3.05) is 16.8 Å². The zero-order chi connectivity index (χ0) is 21.4. The molecule has 154 valence electrons. The molecule has 0 aliphatic carbocycles. The van der Waals surface area contributed by atoms with Crippen molar-refractivity contribution in [3.8, 4) is 6.07 Å². The number of halogens is 3. The minimum atomic E-state index is -4.48. The molecular weight excluding hydrogens is 411 g/mol. The summed E-state index contributed by atoms with van der Waals surface area (Å²) in [7, 11) is -3.33. The molecule has 29 heavy (non-hydrogen) atoms. The van der Waals surface area contributed by atoms with Crippen molar-refractivity contribution in [1.29, 1.82) is 5.26 Å². The first kappa shape index (κ1) is 20.7. The lowest BCUT2D eigenvalue weighted by molar-refractivity contribution is -0.137. The Kier molecular flexibility index (Phi) is 5.27. The van der Waals surface area contributed by atoms with Gasteiger partial charge in [-0.3, -0.25) is 9.48 Å². The average Bonchev–Trinajstić information content (AvgIpc) is 3.04. The molecule has 1 aliphatic heterocycles. The number of alkyl halides is 3. The van der Waals surface area contributed by atoms with Crippen LogP contribution in [0, 0.1) is 17.2 Å². The van der Waals surface area contributed by atoms with Gasteiger partial charge in [0.25, 0.3) is 5.91 Å². The number of aromatic nitrogens is 2. The highest BCUT2D eigenvalue weighted by Gasteiger charge is 2.36. The summed E-state index contributed by atoms with van der Waals surface area (Å²) in [6.45, 7) is 0. The van der Waals surface area contributed by atoms with Crippen LogP contribution in [0.5, 0.6) is 0 Å². The molecule has 2 heterocycles. The van der Waals surface area contributed by atoms with Crippen LogP contribution in [0.3, 0.4) is 0 Å². The van der Waals surface area contributed by atoms with E-state index >= 15 is 0 Å². The summed E-state index contributed by atoms with van der Waals surface area (Å²) in [5.74, 6) is -2.12. The third-order valence-corrected chi connectivity index (χ3v) is 6.33. The van der Waals surface area contributed by atoms with E-state index in [-0.39, 0.29) is 35.0 Å². The number of rotatable bonds is 4. The Morgan fingerprint density at radius 1 is 1.31 bits per heavy atom. The van der Waals surface area contributed by atoms with Crippen molar-refractivity contribution >= 4 is 27.2 Å². The third-order valence-electron chi connectivity index (χ3n) is 4.60. The number of sulfone groups is 1. The number of benzene rings is 1. The monoisotopic (exact) mass is 427 g/mol. The van der Waals surface area contributed by atoms with Crippen LogP contribution in [0.1, 0.15) is 28.4 Å². The lowest BCUT2D eigenvalue weighted by Gasteiger charge is -2.26. The molecule has 3 N–H and O–H groups in total. The van der Waals surface area contributed by atoms with E-state index in [9.17, 15) is 31.6 Å². The number of amides is 1. The van der Waals surface area contributed by atoms with Gasteiger partial charge in [-0.05, 0) is 30.7 Å². The molecule has 0 saturated carbocycles. The van der Waals surface area contributed by atoms with Gasteiger partial charge in [0.1, 0.15) is 5.56 Å². The molecule has 1 aromatic carbocycles. The quantitative estimate of drug-likeness (QED) is 0.769. The maximum Gasteiger partial charge on any atom is 0.416 e. The van der Waals surface area contributed by atoms with Gasteiger partial charge in [0.05, 0.1) is 35.1 Å². The Balaban J connectivity index is 1.90. The standard InChI is InChI=1S/C17H16F3N5O3S/c18-17(19,20)11-1-3-12(4-2-11)23-16-13(15(22)26)8-25(24-16)14-5-6-29(27,28)9-10(14)7-21/h1-4,8,10,14H,5-6,9H2,(H2,22,26)(H,23,24)/t10-,14+/m1/s1. The van der Waals surface area contributed by atoms with Gasteiger partial charge in [-0.1, -0.05) is 0 Å². The summed E-state index contributed by atoms with van der Waals surface area (Å²) in [4.78, 5) is 11.8. The number of nitriles is 1. The Labute approximate surface area is 164 Å². The predicted molar refractivity (Wildman–Crippen MR) is 96.9 cm³/mol. The first-order valence-corrected chi connectivity index (χ1v) is 10.3. The van der Waals surface area contributed by atoms with Crippen molar-refractivity contribution in [3.63, 3.8) is 0 Å². The number of hydrogen-bond acceptors (Lipinski definition) is 6. The van der Waals surface area contributed by atoms with Gasteiger partial charge in [0, 0.05) is 11.9 Å². The van der Waals surface area contributed by atoms with Gasteiger partial charge in [-0.15, -0.1) is 0 Å². The summed E-state index contributed by atoms with van der Waals surface area (Å²) >= 11 is 0.